The first-order valence-electron chi connectivity index (χ1n) is 6.66. The van der Waals surface area contributed by atoms with Gasteiger partial charge in [-0.2, -0.15) is 0 Å². The van der Waals surface area contributed by atoms with E-state index in [-0.39, 0.29) is 30.9 Å². The predicted octanol–water partition coefficient (Wildman–Crippen LogP) is 2.68. The first-order valence-corrected chi connectivity index (χ1v) is 7.48. The molecule has 22 heavy (non-hydrogen) atoms. The second-order valence-corrected chi connectivity index (χ2v) is 5.72. The first-order chi connectivity index (χ1) is 10.0. The molecule has 120 valence electrons. The number of carbonyl (C=O) groups is 1. The molecule has 0 aliphatic carbocycles. The van der Waals surface area contributed by atoms with E-state index in [9.17, 15) is 4.79 Å². The first kappa shape index (κ1) is 18.4. The number of rotatable bonds is 5. The van der Waals surface area contributed by atoms with Gasteiger partial charge in [-0.3, -0.25) is 4.79 Å². The van der Waals surface area contributed by atoms with Gasteiger partial charge in [-0.1, -0.05) is 0 Å². The SMILES string of the molecule is COc1ccc(-c2nc(C)c(C(C)NC(=O)CN)s2)cc1.Cl. The minimum absolute atomic E-state index is 0. The number of aromatic nitrogens is 1. The van der Waals surface area contributed by atoms with Crippen molar-refractivity contribution < 1.29 is 9.53 Å². The minimum atomic E-state index is -0.165. The third-order valence-electron chi connectivity index (χ3n) is 3.13. The Morgan fingerprint density at radius 2 is 2.05 bits per heavy atom. The number of carbonyl (C=O) groups excluding carboxylic acids is 1. The highest BCUT2D eigenvalue weighted by atomic mass is 35.5. The van der Waals surface area contributed by atoms with Gasteiger partial charge in [-0.05, 0) is 38.1 Å². The average molecular weight is 342 g/mol. The molecule has 5 nitrogen and oxygen atoms in total. The highest BCUT2D eigenvalue weighted by Gasteiger charge is 2.16. The molecule has 1 aromatic heterocycles. The molecule has 1 amide bonds. The Bertz CT molecular complexity index is 628. The number of hydrogen-bond donors (Lipinski definition) is 2. The van der Waals surface area contributed by atoms with E-state index in [4.69, 9.17) is 10.5 Å². The Morgan fingerprint density at radius 3 is 2.59 bits per heavy atom. The van der Waals surface area contributed by atoms with Gasteiger partial charge in [0.1, 0.15) is 10.8 Å². The van der Waals surface area contributed by atoms with Crippen LogP contribution in [0.25, 0.3) is 10.6 Å². The van der Waals surface area contributed by atoms with Crippen molar-refractivity contribution in [2.45, 2.75) is 19.9 Å². The van der Waals surface area contributed by atoms with Gasteiger partial charge in [0, 0.05) is 5.56 Å². The van der Waals surface area contributed by atoms with E-state index in [1.807, 2.05) is 38.1 Å². The molecular weight excluding hydrogens is 322 g/mol. The largest absolute Gasteiger partial charge is 0.497 e. The van der Waals surface area contributed by atoms with Crippen molar-refractivity contribution in [3.05, 3.63) is 34.8 Å². The number of thiazole rings is 1. The zero-order valence-corrected chi connectivity index (χ0v) is 14.4. The van der Waals surface area contributed by atoms with Gasteiger partial charge in [0.15, 0.2) is 0 Å². The molecule has 0 bridgehead atoms. The van der Waals surface area contributed by atoms with Crippen LogP contribution in [0.5, 0.6) is 5.75 Å². The second-order valence-electron chi connectivity index (χ2n) is 4.69. The van der Waals surface area contributed by atoms with Crippen LogP contribution in [0, 0.1) is 6.92 Å². The van der Waals surface area contributed by atoms with Gasteiger partial charge >= 0.3 is 0 Å². The Balaban J connectivity index is 0.00000242. The number of methoxy groups -OCH3 is 1. The maximum atomic E-state index is 11.4. The lowest BCUT2D eigenvalue weighted by Gasteiger charge is -2.11. The third kappa shape index (κ3) is 4.19. The number of benzene rings is 1. The van der Waals surface area contributed by atoms with Crippen LogP contribution in [0.3, 0.4) is 0 Å². The molecule has 1 unspecified atom stereocenters. The fourth-order valence-electron chi connectivity index (χ4n) is 2.03. The smallest absolute Gasteiger partial charge is 0.234 e. The van der Waals surface area contributed by atoms with Crippen LogP contribution >= 0.6 is 23.7 Å². The number of nitrogens with two attached hydrogens (primary N) is 1. The van der Waals surface area contributed by atoms with E-state index >= 15 is 0 Å². The summed E-state index contributed by atoms with van der Waals surface area (Å²) < 4.78 is 5.15. The van der Waals surface area contributed by atoms with Crippen molar-refractivity contribution in [2.75, 3.05) is 13.7 Å². The lowest BCUT2D eigenvalue weighted by atomic mass is 10.2. The van der Waals surface area contributed by atoms with Crippen molar-refractivity contribution in [1.82, 2.24) is 10.3 Å². The van der Waals surface area contributed by atoms with E-state index in [1.165, 1.54) is 0 Å². The minimum Gasteiger partial charge on any atom is -0.497 e. The summed E-state index contributed by atoms with van der Waals surface area (Å²) in [6.07, 6.45) is 0. The number of hydrogen-bond acceptors (Lipinski definition) is 5. The molecule has 2 aromatic rings. The second kappa shape index (κ2) is 8.12. The predicted molar refractivity (Wildman–Crippen MR) is 91.7 cm³/mol. The van der Waals surface area contributed by atoms with Crippen LogP contribution in [0.1, 0.15) is 23.5 Å². The summed E-state index contributed by atoms with van der Waals surface area (Å²) in [4.78, 5) is 17.0. The maximum Gasteiger partial charge on any atom is 0.234 e. The number of amides is 1. The standard InChI is InChI=1S/C15H19N3O2S.ClH/c1-9(17-13(19)8-16)14-10(2)18-15(21-14)11-4-6-12(20-3)7-5-11;/h4-7,9H,8,16H2,1-3H3,(H,17,19);1H. The van der Waals surface area contributed by atoms with E-state index in [0.717, 1.165) is 26.9 Å². The molecule has 3 N–H and O–H groups in total. The van der Waals surface area contributed by atoms with E-state index in [0.29, 0.717) is 0 Å². The highest BCUT2D eigenvalue weighted by Crippen LogP contribution is 2.32. The molecule has 1 aromatic carbocycles. The summed E-state index contributed by atoms with van der Waals surface area (Å²) in [5.41, 5.74) is 7.29. The van der Waals surface area contributed by atoms with Gasteiger partial charge in [0.2, 0.25) is 5.91 Å². The van der Waals surface area contributed by atoms with Crippen molar-refractivity contribution in [3.8, 4) is 16.3 Å². The maximum absolute atomic E-state index is 11.4. The van der Waals surface area contributed by atoms with Crippen LogP contribution in [0.2, 0.25) is 0 Å². The van der Waals surface area contributed by atoms with Gasteiger partial charge in [0.05, 0.1) is 30.3 Å². The monoisotopic (exact) mass is 341 g/mol. The number of ether oxygens (including phenoxy) is 1. The average Bonchev–Trinajstić information content (AvgIpc) is 2.89. The molecule has 0 aliphatic heterocycles. The summed E-state index contributed by atoms with van der Waals surface area (Å²) >= 11 is 1.58. The van der Waals surface area contributed by atoms with Crippen LogP contribution in [-0.4, -0.2) is 24.5 Å². The van der Waals surface area contributed by atoms with E-state index < -0.39 is 0 Å². The Kier molecular flexibility index (Phi) is 6.80. The van der Waals surface area contributed by atoms with E-state index in [1.54, 1.807) is 18.4 Å². The van der Waals surface area contributed by atoms with Crippen molar-refractivity contribution in [3.63, 3.8) is 0 Å². The summed E-state index contributed by atoms with van der Waals surface area (Å²) in [6.45, 7) is 3.88. The summed E-state index contributed by atoms with van der Waals surface area (Å²) in [6, 6.07) is 7.68. The van der Waals surface area contributed by atoms with Crippen LogP contribution in [0.15, 0.2) is 24.3 Å². The van der Waals surface area contributed by atoms with Crippen molar-refractivity contribution in [2.24, 2.45) is 5.73 Å². The zero-order valence-electron chi connectivity index (χ0n) is 12.8. The summed E-state index contributed by atoms with van der Waals surface area (Å²) in [5.74, 6) is 0.650. The molecule has 0 spiro atoms. The highest BCUT2D eigenvalue weighted by molar-refractivity contribution is 7.15. The van der Waals surface area contributed by atoms with Gasteiger partial charge in [0.25, 0.3) is 0 Å². The molecule has 1 heterocycles. The Hall–Kier alpha value is -1.63. The zero-order chi connectivity index (χ0) is 15.4. The summed E-state index contributed by atoms with van der Waals surface area (Å²) in [7, 11) is 1.64. The molecule has 1 atom stereocenters. The lowest BCUT2D eigenvalue weighted by molar-refractivity contribution is -0.120. The van der Waals surface area contributed by atoms with Crippen LogP contribution in [0.4, 0.5) is 0 Å². The Morgan fingerprint density at radius 1 is 1.41 bits per heavy atom. The summed E-state index contributed by atoms with van der Waals surface area (Å²) in [5, 5.41) is 3.79. The quantitative estimate of drug-likeness (QED) is 0.876. The van der Waals surface area contributed by atoms with Gasteiger partial charge < -0.3 is 15.8 Å². The van der Waals surface area contributed by atoms with Crippen LogP contribution < -0.4 is 15.8 Å². The number of aryl methyl sites for hydroxylation is 1. The number of nitrogens with zero attached hydrogens (tertiary/aromatic N) is 1. The number of halogens is 1. The molecule has 2 rings (SSSR count). The third-order valence-corrected chi connectivity index (χ3v) is 4.51. The molecule has 0 saturated carbocycles. The van der Waals surface area contributed by atoms with Gasteiger partial charge in [-0.15, -0.1) is 23.7 Å². The molecule has 0 radical (unpaired) electrons. The molecule has 0 fully saturated rings. The molecular formula is C15H20ClN3O2S. The lowest BCUT2D eigenvalue weighted by Crippen LogP contribution is -2.32. The normalized spacial score (nSPS) is 11.5. The van der Waals surface area contributed by atoms with Crippen molar-refractivity contribution in [1.29, 1.82) is 0 Å². The topological polar surface area (TPSA) is 77.2 Å². The molecule has 0 aliphatic rings. The van der Waals surface area contributed by atoms with Gasteiger partial charge in [-0.25, -0.2) is 4.98 Å². The van der Waals surface area contributed by atoms with Crippen molar-refractivity contribution >= 4 is 29.7 Å². The Labute approximate surface area is 140 Å². The van der Waals surface area contributed by atoms with Crippen LogP contribution in [-0.2, 0) is 4.79 Å². The molecule has 7 heteroatoms. The molecule has 0 saturated heterocycles. The fourth-order valence-corrected chi connectivity index (χ4v) is 3.11. The van der Waals surface area contributed by atoms with E-state index in [2.05, 4.69) is 10.3 Å². The fraction of sp³-hybridized carbons (Fsp3) is 0.333. The number of nitrogens with one attached hydrogen (secondary N) is 1.